The van der Waals surface area contributed by atoms with Crippen molar-refractivity contribution in [3.63, 3.8) is 0 Å². The Hall–Kier alpha value is -0.990. The third-order valence-electron chi connectivity index (χ3n) is 4.78. The van der Waals surface area contributed by atoms with Crippen molar-refractivity contribution in [2.45, 2.75) is 77.6 Å². The van der Waals surface area contributed by atoms with Crippen molar-refractivity contribution >= 4 is 16.1 Å². The fourth-order valence-electron chi connectivity index (χ4n) is 3.13. The second kappa shape index (κ2) is 19.9. The zero-order valence-electron chi connectivity index (χ0n) is 19.9. The first-order chi connectivity index (χ1) is 14.1. The van der Waals surface area contributed by atoms with E-state index >= 15 is 0 Å². The SMILES string of the molecule is CCCCCCCCCCCCC[N+](C)(C)c1ccccc1.CNC.O=S(=O)(O)O. The highest BCUT2D eigenvalue weighted by molar-refractivity contribution is 7.79. The molecule has 0 saturated carbocycles. The highest BCUT2D eigenvalue weighted by Gasteiger charge is 2.17. The molecule has 0 aromatic heterocycles. The third kappa shape index (κ3) is 25.0. The van der Waals surface area contributed by atoms with Crippen LogP contribution in [0.25, 0.3) is 0 Å². The normalized spacial score (nSPS) is 11.2. The molecule has 1 aromatic carbocycles. The second-order valence-corrected chi connectivity index (χ2v) is 9.12. The summed E-state index contributed by atoms with van der Waals surface area (Å²) in [6.07, 6.45) is 15.6. The van der Waals surface area contributed by atoms with E-state index in [4.69, 9.17) is 17.5 Å². The number of hydrogen-bond acceptors (Lipinski definition) is 3. The van der Waals surface area contributed by atoms with Gasteiger partial charge in [0.1, 0.15) is 5.69 Å². The van der Waals surface area contributed by atoms with E-state index in [9.17, 15) is 0 Å². The molecule has 0 amide bonds. The average molecular weight is 448 g/mol. The van der Waals surface area contributed by atoms with Gasteiger partial charge in [-0.05, 0) is 39.1 Å². The Balaban J connectivity index is 0. The predicted molar refractivity (Wildman–Crippen MR) is 131 cm³/mol. The van der Waals surface area contributed by atoms with Crippen molar-refractivity contribution in [2.24, 2.45) is 0 Å². The van der Waals surface area contributed by atoms with Crippen LogP contribution in [0, 0.1) is 0 Å². The molecule has 0 aliphatic carbocycles. The molecule has 1 rings (SSSR count). The van der Waals surface area contributed by atoms with E-state index in [2.05, 4.69) is 56.7 Å². The molecule has 30 heavy (non-hydrogen) atoms. The van der Waals surface area contributed by atoms with Crippen molar-refractivity contribution < 1.29 is 17.5 Å². The van der Waals surface area contributed by atoms with Gasteiger partial charge in [0, 0.05) is 0 Å². The van der Waals surface area contributed by atoms with Gasteiger partial charge in [0.2, 0.25) is 0 Å². The Morgan fingerprint density at radius 3 is 1.47 bits per heavy atom. The summed E-state index contributed by atoms with van der Waals surface area (Å²) < 4.78 is 32.6. The average Bonchev–Trinajstić information content (AvgIpc) is 2.66. The van der Waals surface area contributed by atoms with Crippen LogP contribution < -0.4 is 9.80 Å². The van der Waals surface area contributed by atoms with Gasteiger partial charge in [-0.25, -0.2) is 0 Å². The summed E-state index contributed by atoms with van der Waals surface area (Å²) >= 11 is 0. The number of unbranched alkanes of at least 4 members (excludes halogenated alkanes) is 10. The van der Waals surface area contributed by atoms with Gasteiger partial charge < -0.3 is 5.32 Å². The predicted octanol–water partition coefficient (Wildman–Crippen LogP) is 5.75. The molecule has 6 nitrogen and oxygen atoms in total. The van der Waals surface area contributed by atoms with Crippen LogP contribution >= 0.6 is 0 Å². The van der Waals surface area contributed by atoms with E-state index in [1.165, 1.54) is 82.9 Å². The Morgan fingerprint density at radius 1 is 0.767 bits per heavy atom. The lowest BCUT2D eigenvalue weighted by atomic mass is 10.1. The number of benzene rings is 1. The number of nitrogens with zero attached hydrogens (tertiary/aromatic N) is 1. The van der Waals surface area contributed by atoms with E-state index in [0.717, 1.165) is 4.48 Å². The molecule has 0 aliphatic heterocycles. The molecule has 0 bridgehead atoms. The summed E-state index contributed by atoms with van der Waals surface area (Å²) in [7, 11) is 3.73. The Labute approximate surface area is 186 Å². The molecular weight excluding hydrogens is 400 g/mol. The first-order valence-corrected chi connectivity index (χ1v) is 12.6. The van der Waals surface area contributed by atoms with Gasteiger partial charge in [-0.1, -0.05) is 82.9 Å². The van der Waals surface area contributed by atoms with E-state index < -0.39 is 10.4 Å². The third-order valence-corrected chi connectivity index (χ3v) is 4.78. The quantitative estimate of drug-likeness (QED) is 0.204. The van der Waals surface area contributed by atoms with Crippen LogP contribution in [0.2, 0.25) is 0 Å². The number of nitrogens with one attached hydrogen (secondary N) is 1. The lowest BCUT2D eigenvalue weighted by molar-refractivity contribution is 0.380. The van der Waals surface area contributed by atoms with Gasteiger partial charge in [0.15, 0.2) is 0 Å². The van der Waals surface area contributed by atoms with E-state index in [-0.39, 0.29) is 0 Å². The zero-order valence-corrected chi connectivity index (χ0v) is 20.8. The smallest absolute Gasteiger partial charge is 0.323 e. The lowest BCUT2D eigenvalue weighted by Crippen LogP contribution is -2.41. The topological polar surface area (TPSA) is 86.6 Å². The summed E-state index contributed by atoms with van der Waals surface area (Å²) in [5.74, 6) is 0. The first kappa shape index (κ1) is 31.2. The van der Waals surface area contributed by atoms with Crippen molar-refractivity contribution in [1.82, 2.24) is 9.80 Å². The fraction of sp³-hybridized carbons (Fsp3) is 0.739. The van der Waals surface area contributed by atoms with Gasteiger partial charge in [-0.2, -0.15) is 8.42 Å². The summed E-state index contributed by atoms with van der Waals surface area (Å²) in [6.45, 7) is 3.54. The Kier molecular flexibility index (Phi) is 20.7. The lowest BCUT2D eigenvalue weighted by Gasteiger charge is -2.29. The maximum absolute atomic E-state index is 8.74. The molecule has 3 N–H and O–H groups in total. The summed E-state index contributed by atoms with van der Waals surface area (Å²) in [6, 6.07) is 10.9. The number of quaternary nitrogens is 1. The maximum Gasteiger partial charge on any atom is 0.394 e. The minimum absolute atomic E-state index is 1.01. The van der Waals surface area contributed by atoms with Gasteiger partial charge in [0.25, 0.3) is 0 Å². The van der Waals surface area contributed by atoms with Crippen LogP contribution in [-0.2, 0) is 10.4 Å². The summed E-state index contributed by atoms with van der Waals surface area (Å²) in [4.78, 5) is 0. The minimum Gasteiger partial charge on any atom is -0.323 e. The molecule has 1 aromatic rings. The van der Waals surface area contributed by atoms with E-state index in [1.54, 1.807) is 0 Å². The molecule has 0 unspecified atom stereocenters. The Bertz CT molecular complexity index is 570. The second-order valence-electron chi connectivity index (χ2n) is 8.23. The number of rotatable bonds is 13. The highest BCUT2D eigenvalue weighted by atomic mass is 32.3. The maximum atomic E-state index is 8.74. The van der Waals surface area contributed by atoms with Crippen LogP contribution in [0.15, 0.2) is 30.3 Å². The Morgan fingerprint density at radius 2 is 1.10 bits per heavy atom. The van der Waals surface area contributed by atoms with Crippen molar-refractivity contribution in [1.29, 1.82) is 0 Å². The van der Waals surface area contributed by atoms with Crippen LogP contribution in [0.3, 0.4) is 0 Å². The molecule has 0 radical (unpaired) electrons. The summed E-state index contributed by atoms with van der Waals surface area (Å²) in [5, 5.41) is 2.75. The van der Waals surface area contributed by atoms with Crippen molar-refractivity contribution in [3.05, 3.63) is 30.3 Å². The largest absolute Gasteiger partial charge is 0.394 e. The molecule has 0 saturated heterocycles. The molecule has 0 spiro atoms. The first-order valence-electron chi connectivity index (χ1n) is 11.3. The van der Waals surface area contributed by atoms with E-state index in [0.29, 0.717) is 0 Å². The molecule has 7 heteroatoms. The van der Waals surface area contributed by atoms with Crippen molar-refractivity contribution in [2.75, 3.05) is 34.7 Å². The number of hydrogen-bond donors (Lipinski definition) is 3. The van der Waals surface area contributed by atoms with Gasteiger partial charge in [0.05, 0.1) is 20.6 Å². The fourth-order valence-corrected chi connectivity index (χ4v) is 3.13. The molecular formula is C23H47N2O4S+. The zero-order chi connectivity index (χ0) is 23.3. The van der Waals surface area contributed by atoms with Gasteiger partial charge in [-0.3, -0.25) is 13.6 Å². The molecule has 0 fully saturated rings. The molecule has 178 valence electrons. The van der Waals surface area contributed by atoms with Gasteiger partial charge >= 0.3 is 10.4 Å². The van der Waals surface area contributed by atoms with Crippen LogP contribution in [0.4, 0.5) is 5.69 Å². The van der Waals surface area contributed by atoms with Crippen molar-refractivity contribution in [3.8, 4) is 0 Å². The molecule has 0 aliphatic rings. The van der Waals surface area contributed by atoms with Crippen LogP contribution in [-0.4, -0.2) is 52.3 Å². The standard InChI is InChI=1S/C21H38N.C2H7N.H2O4S/c1-4-5-6-7-8-9-10-11-12-13-17-20-22(2,3)21-18-15-14-16-19-21;1-3-2;1-5(2,3)4/h14-16,18-19H,4-13,17,20H2,1-3H3;3H,1-2H3;(H2,1,2,3,4)/q+1;;. The monoisotopic (exact) mass is 447 g/mol. The van der Waals surface area contributed by atoms with Gasteiger partial charge in [-0.15, -0.1) is 0 Å². The number of para-hydroxylation sites is 1. The van der Waals surface area contributed by atoms with Crippen LogP contribution in [0.5, 0.6) is 0 Å². The molecule has 0 atom stereocenters. The van der Waals surface area contributed by atoms with Crippen LogP contribution in [0.1, 0.15) is 77.6 Å². The van der Waals surface area contributed by atoms with E-state index in [1.807, 2.05) is 14.1 Å². The minimum atomic E-state index is -4.67. The summed E-state index contributed by atoms with van der Waals surface area (Å²) in [5.41, 5.74) is 1.43. The molecule has 0 heterocycles. The highest BCUT2D eigenvalue weighted by Crippen LogP contribution is 2.19.